The summed E-state index contributed by atoms with van der Waals surface area (Å²) in [4.78, 5) is 0. The standard InChI is InChI=1S/C19H30O/c1-8-9-10-14(2)11-16-12-15(3)13-17(18(16)20-7)19(4,5)6/h9-10,12-14H,8,11H2,1-7H3/b10-9-. The summed E-state index contributed by atoms with van der Waals surface area (Å²) in [5, 5.41) is 0. The van der Waals surface area contributed by atoms with E-state index in [4.69, 9.17) is 4.74 Å². The number of ether oxygens (including phenoxy) is 1. The van der Waals surface area contributed by atoms with E-state index in [-0.39, 0.29) is 5.41 Å². The molecule has 0 aliphatic rings. The van der Waals surface area contributed by atoms with Gasteiger partial charge in [-0.15, -0.1) is 0 Å². The van der Waals surface area contributed by atoms with E-state index in [0.29, 0.717) is 5.92 Å². The normalized spacial score (nSPS) is 13.8. The largest absolute Gasteiger partial charge is 0.496 e. The van der Waals surface area contributed by atoms with Gasteiger partial charge in [0.1, 0.15) is 5.75 Å². The minimum Gasteiger partial charge on any atom is -0.496 e. The zero-order valence-corrected chi connectivity index (χ0v) is 14.2. The third-order valence-corrected chi connectivity index (χ3v) is 3.56. The van der Waals surface area contributed by atoms with Gasteiger partial charge < -0.3 is 4.74 Å². The molecule has 1 heteroatoms. The van der Waals surface area contributed by atoms with Crippen molar-refractivity contribution in [1.82, 2.24) is 0 Å². The summed E-state index contributed by atoms with van der Waals surface area (Å²) in [5.41, 5.74) is 4.05. The Bertz CT molecular complexity index is 463. The van der Waals surface area contributed by atoms with Crippen molar-refractivity contribution in [3.63, 3.8) is 0 Å². The van der Waals surface area contributed by atoms with Crippen LogP contribution in [0, 0.1) is 12.8 Å². The van der Waals surface area contributed by atoms with Gasteiger partial charge in [0.05, 0.1) is 7.11 Å². The summed E-state index contributed by atoms with van der Waals surface area (Å²) < 4.78 is 5.74. The van der Waals surface area contributed by atoms with Gasteiger partial charge in [-0.05, 0) is 36.7 Å². The molecule has 0 aliphatic carbocycles. The van der Waals surface area contributed by atoms with Gasteiger partial charge in [0, 0.05) is 5.56 Å². The number of rotatable bonds is 5. The van der Waals surface area contributed by atoms with E-state index in [9.17, 15) is 0 Å². The second-order valence-electron chi connectivity index (χ2n) is 6.77. The van der Waals surface area contributed by atoms with Crippen LogP contribution < -0.4 is 4.74 Å². The lowest BCUT2D eigenvalue weighted by atomic mass is 9.83. The molecule has 112 valence electrons. The molecule has 0 radical (unpaired) electrons. The van der Waals surface area contributed by atoms with Gasteiger partial charge in [0.15, 0.2) is 0 Å². The van der Waals surface area contributed by atoms with Crippen molar-refractivity contribution in [3.05, 3.63) is 41.0 Å². The molecule has 0 spiro atoms. The van der Waals surface area contributed by atoms with Gasteiger partial charge in [-0.25, -0.2) is 0 Å². The van der Waals surface area contributed by atoms with Gasteiger partial charge in [-0.2, -0.15) is 0 Å². The molecule has 0 saturated carbocycles. The van der Waals surface area contributed by atoms with Gasteiger partial charge in [0.25, 0.3) is 0 Å². The minimum atomic E-state index is 0.106. The third kappa shape index (κ3) is 4.40. The van der Waals surface area contributed by atoms with Crippen LogP contribution in [0.1, 0.15) is 57.7 Å². The van der Waals surface area contributed by atoms with Crippen LogP contribution in [0.4, 0.5) is 0 Å². The van der Waals surface area contributed by atoms with E-state index in [1.807, 2.05) is 0 Å². The van der Waals surface area contributed by atoms with Crippen molar-refractivity contribution in [2.45, 2.75) is 59.8 Å². The molecular weight excluding hydrogens is 244 g/mol. The fourth-order valence-corrected chi connectivity index (χ4v) is 2.58. The number of allylic oxidation sites excluding steroid dienone is 2. The zero-order chi connectivity index (χ0) is 15.3. The highest BCUT2D eigenvalue weighted by atomic mass is 16.5. The third-order valence-electron chi connectivity index (χ3n) is 3.56. The molecule has 0 amide bonds. The molecular formula is C19H30O. The first-order valence-electron chi connectivity index (χ1n) is 7.64. The fraction of sp³-hybridized carbons (Fsp3) is 0.579. The molecule has 0 saturated heterocycles. The number of benzene rings is 1. The van der Waals surface area contributed by atoms with Gasteiger partial charge in [-0.1, -0.05) is 64.5 Å². The maximum Gasteiger partial charge on any atom is 0.125 e. The van der Waals surface area contributed by atoms with Crippen molar-refractivity contribution in [2.75, 3.05) is 7.11 Å². The average Bonchev–Trinajstić information content (AvgIpc) is 2.34. The lowest BCUT2D eigenvalue weighted by molar-refractivity contribution is 0.390. The van der Waals surface area contributed by atoms with Crippen LogP contribution in [-0.4, -0.2) is 7.11 Å². The number of hydrogen-bond donors (Lipinski definition) is 0. The molecule has 0 N–H and O–H groups in total. The Morgan fingerprint density at radius 1 is 1.25 bits per heavy atom. The quantitative estimate of drug-likeness (QED) is 0.649. The molecule has 1 nitrogen and oxygen atoms in total. The molecule has 0 fully saturated rings. The van der Waals surface area contributed by atoms with Crippen molar-refractivity contribution >= 4 is 0 Å². The van der Waals surface area contributed by atoms with Crippen LogP contribution in [-0.2, 0) is 11.8 Å². The van der Waals surface area contributed by atoms with E-state index in [1.165, 1.54) is 16.7 Å². The summed E-state index contributed by atoms with van der Waals surface area (Å²) in [6, 6.07) is 4.53. The van der Waals surface area contributed by atoms with Crippen molar-refractivity contribution in [2.24, 2.45) is 5.92 Å². The zero-order valence-electron chi connectivity index (χ0n) is 14.2. The van der Waals surface area contributed by atoms with E-state index >= 15 is 0 Å². The maximum absolute atomic E-state index is 5.74. The summed E-state index contributed by atoms with van der Waals surface area (Å²) >= 11 is 0. The molecule has 1 atom stereocenters. The summed E-state index contributed by atoms with van der Waals surface area (Å²) in [7, 11) is 1.79. The molecule has 20 heavy (non-hydrogen) atoms. The second kappa shape index (κ2) is 6.97. The Labute approximate surface area is 125 Å². The summed E-state index contributed by atoms with van der Waals surface area (Å²) in [6.07, 6.45) is 6.68. The first-order valence-corrected chi connectivity index (χ1v) is 7.64. The highest BCUT2D eigenvalue weighted by Gasteiger charge is 2.22. The molecule has 0 aliphatic heterocycles. The van der Waals surface area contributed by atoms with E-state index in [0.717, 1.165) is 18.6 Å². The predicted octanol–water partition coefficient (Wildman–Crippen LogP) is 5.45. The van der Waals surface area contributed by atoms with Crippen LogP contribution in [0.3, 0.4) is 0 Å². The van der Waals surface area contributed by atoms with E-state index in [1.54, 1.807) is 7.11 Å². The predicted molar refractivity (Wildman–Crippen MR) is 88.7 cm³/mol. The van der Waals surface area contributed by atoms with Crippen LogP contribution in [0.25, 0.3) is 0 Å². The highest BCUT2D eigenvalue weighted by Crippen LogP contribution is 2.36. The number of hydrogen-bond acceptors (Lipinski definition) is 1. The van der Waals surface area contributed by atoms with Gasteiger partial charge >= 0.3 is 0 Å². The van der Waals surface area contributed by atoms with E-state index in [2.05, 4.69) is 65.8 Å². The Morgan fingerprint density at radius 2 is 1.90 bits per heavy atom. The lowest BCUT2D eigenvalue weighted by Crippen LogP contribution is -2.15. The molecule has 0 heterocycles. The Balaban J connectivity index is 3.19. The number of aryl methyl sites for hydroxylation is 1. The maximum atomic E-state index is 5.74. The van der Waals surface area contributed by atoms with Gasteiger partial charge in [0.2, 0.25) is 0 Å². The first kappa shape index (κ1) is 16.8. The van der Waals surface area contributed by atoms with E-state index < -0.39 is 0 Å². The average molecular weight is 274 g/mol. The Morgan fingerprint density at radius 3 is 2.40 bits per heavy atom. The Kier molecular flexibility index (Phi) is 5.86. The van der Waals surface area contributed by atoms with Crippen molar-refractivity contribution in [3.8, 4) is 5.75 Å². The molecule has 1 aromatic rings. The lowest BCUT2D eigenvalue weighted by Gasteiger charge is -2.25. The topological polar surface area (TPSA) is 9.23 Å². The first-order chi connectivity index (χ1) is 9.29. The van der Waals surface area contributed by atoms with Gasteiger partial charge in [-0.3, -0.25) is 0 Å². The van der Waals surface area contributed by atoms with Crippen molar-refractivity contribution < 1.29 is 4.74 Å². The highest BCUT2D eigenvalue weighted by molar-refractivity contribution is 5.48. The second-order valence-corrected chi connectivity index (χ2v) is 6.77. The van der Waals surface area contributed by atoms with Crippen LogP contribution >= 0.6 is 0 Å². The molecule has 0 aromatic heterocycles. The molecule has 1 aromatic carbocycles. The molecule has 0 bridgehead atoms. The molecule has 1 rings (SSSR count). The van der Waals surface area contributed by atoms with Crippen LogP contribution in [0.15, 0.2) is 24.3 Å². The number of methoxy groups -OCH3 is 1. The molecule has 1 unspecified atom stereocenters. The Hall–Kier alpha value is -1.24. The van der Waals surface area contributed by atoms with Crippen LogP contribution in [0.5, 0.6) is 5.75 Å². The van der Waals surface area contributed by atoms with Crippen molar-refractivity contribution in [1.29, 1.82) is 0 Å². The summed E-state index contributed by atoms with van der Waals surface area (Å²) in [5.74, 6) is 1.61. The fourth-order valence-electron chi connectivity index (χ4n) is 2.58. The minimum absolute atomic E-state index is 0.106. The SMILES string of the molecule is CC/C=C\C(C)Cc1cc(C)cc(C(C)(C)C)c1OC. The summed E-state index contributed by atoms with van der Waals surface area (Å²) in [6.45, 7) is 13.3. The monoisotopic (exact) mass is 274 g/mol. The smallest absolute Gasteiger partial charge is 0.125 e. The van der Waals surface area contributed by atoms with Crippen LogP contribution in [0.2, 0.25) is 0 Å².